The summed E-state index contributed by atoms with van der Waals surface area (Å²) < 4.78 is 19.1. The van der Waals surface area contributed by atoms with Gasteiger partial charge in [-0.15, -0.1) is 0 Å². The Hall–Kier alpha value is -1.62. The molecule has 1 heterocycles. The average molecular weight is 378 g/mol. The summed E-state index contributed by atoms with van der Waals surface area (Å²) in [7, 11) is -0.192. The highest BCUT2D eigenvalue weighted by Crippen LogP contribution is 2.65. The molecule has 4 rings (SSSR count). The predicted octanol–water partition coefficient (Wildman–Crippen LogP) is 5.47. The van der Waals surface area contributed by atoms with E-state index in [9.17, 15) is 0 Å². The third-order valence-corrected chi connectivity index (χ3v) is 6.80. The van der Waals surface area contributed by atoms with Gasteiger partial charge in [0.25, 0.3) is 0 Å². The lowest BCUT2D eigenvalue weighted by Gasteiger charge is -2.32. The maximum atomic E-state index is 6.41. The summed E-state index contributed by atoms with van der Waals surface area (Å²) in [6, 6.07) is 21.1. The molecule has 2 aromatic rings. The number of benzene rings is 2. The minimum absolute atomic E-state index is 0.134. The van der Waals surface area contributed by atoms with Crippen LogP contribution >= 0.6 is 0 Å². The Kier molecular flexibility index (Phi) is 5.15. The van der Waals surface area contributed by atoms with E-state index >= 15 is 0 Å². The van der Waals surface area contributed by atoms with Crippen LogP contribution < -0.4 is 0 Å². The van der Waals surface area contributed by atoms with Gasteiger partial charge in [0.15, 0.2) is 0 Å². The highest BCUT2D eigenvalue weighted by atomic mass is 16.7. The lowest BCUT2D eigenvalue weighted by molar-refractivity contribution is 0.00578. The smallest absolute Gasteiger partial charge is 0.403 e. The minimum Gasteiger partial charge on any atom is -0.403 e. The summed E-state index contributed by atoms with van der Waals surface area (Å²) in [5, 5.41) is 0. The molecule has 2 aliphatic rings. The molecule has 0 radical (unpaired) electrons. The summed E-state index contributed by atoms with van der Waals surface area (Å²) in [5.41, 5.74) is 1.95. The monoisotopic (exact) mass is 378 g/mol. The van der Waals surface area contributed by atoms with Gasteiger partial charge in [-0.05, 0) is 57.6 Å². The van der Waals surface area contributed by atoms with Gasteiger partial charge in [-0.3, -0.25) is 0 Å². The predicted molar refractivity (Wildman–Crippen MR) is 113 cm³/mol. The highest BCUT2D eigenvalue weighted by Gasteiger charge is 2.66. The molecule has 28 heavy (non-hydrogen) atoms. The molecule has 1 saturated carbocycles. The van der Waals surface area contributed by atoms with E-state index in [0.717, 1.165) is 0 Å². The van der Waals surface area contributed by atoms with Crippen LogP contribution in [0.25, 0.3) is 0 Å². The maximum Gasteiger partial charge on any atom is 0.462 e. The van der Waals surface area contributed by atoms with Crippen molar-refractivity contribution in [2.45, 2.75) is 70.3 Å². The van der Waals surface area contributed by atoms with Crippen molar-refractivity contribution < 1.29 is 14.0 Å². The van der Waals surface area contributed by atoms with Gasteiger partial charge in [-0.1, -0.05) is 60.7 Å². The lowest BCUT2D eigenvalue weighted by atomic mass is 9.78. The van der Waals surface area contributed by atoms with Crippen LogP contribution in [0.5, 0.6) is 0 Å². The van der Waals surface area contributed by atoms with Gasteiger partial charge >= 0.3 is 7.12 Å². The molecule has 4 atom stereocenters. The number of rotatable bonds is 6. The second kappa shape index (κ2) is 7.33. The quantitative estimate of drug-likeness (QED) is 0.624. The third kappa shape index (κ3) is 3.66. The van der Waals surface area contributed by atoms with Crippen LogP contribution in [0.2, 0.25) is 5.82 Å². The van der Waals surface area contributed by atoms with Crippen LogP contribution in [0.4, 0.5) is 0 Å². The van der Waals surface area contributed by atoms with Gasteiger partial charge in [0.2, 0.25) is 0 Å². The van der Waals surface area contributed by atoms with Crippen molar-refractivity contribution in [3.8, 4) is 0 Å². The molecule has 0 spiro atoms. The largest absolute Gasteiger partial charge is 0.462 e. The molecular formula is C24H31BO3. The van der Waals surface area contributed by atoms with Gasteiger partial charge in [-0.2, -0.15) is 0 Å². The summed E-state index contributed by atoms with van der Waals surface area (Å²) in [6.07, 6.45) is 0.134. The fourth-order valence-corrected chi connectivity index (χ4v) is 4.39. The molecule has 1 saturated heterocycles. The van der Waals surface area contributed by atoms with E-state index in [0.29, 0.717) is 24.3 Å². The van der Waals surface area contributed by atoms with E-state index in [4.69, 9.17) is 14.0 Å². The van der Waals surface area contributed by atoms with E-state index in [2.05, 4.69) is 89.2 Å². The van der Waals surface area contributed by atoms with E-state index < -0.39 is 0 Å². The normalized spacial score (nSPS) is 28.9. The zero-order chi connectivity index (χ0) is 19.9. The molecule has 2 aromatic carbocycles. The van der Waals surface area contributed by atoms with Crippen molar-refractivity contribution in [3.05, 3.63) is 71.8 Å². The Morgan fingerprint density at radius 1 is 0.893 bits per heavy atom. The molecule has 2 fully saturated rings. The van der Waals surface area contributed by atoms with Crippen LogP contribution in [0.1, 0.15) is 51.7 Å². The molecule has 1 aliphatic carbocycles. The highest BCUT2D eigenvalue weighted by molar-refractivity contribution is 6.49. The van der Waals surface area contributed by atoms with Gasteiger partial charge in [0.05, 0.1) is 23.9 Å². The third-order valence-electron chi connectivity index (χ3n) is 6.80. The first-order chi connectivity index (χ1) is 13.3. The molecular weight excluding hydrogens is 347 g/mol. The minimum atomic E-state index is -0.305. The Labute approximate surface area is 169 Å². The van der Waals surface area contributed by atoms with E-state index in [-0.39, 0.29) is 24.4 Å². The topological polar surface area (TPSA) is 27.7 Å². The molecule has 0 amide bonds. The Balaban J connectivity index is 1.51. The average Bonchev–Trinajstić information content (AvgIpc) is 3.37. The number of hydrogen-bond donors (Lipinski definition) is 0. The first kappa shape index (κ1) is 19.7. The number of ether oxygens (including phenoxy) is 1. The number of hydrogen-bond acceptors (Lipinski definition) is 3. The lowest BCUT2D eigenvalue weighted by Crippen LogP contribution is -2.41. The second-order valence-corrected chi connectivity index (χ2v) is 9.22. The van der Waals surface area contributed by atoms with E-state index in [1.807, 2.05) is 6.07 Å². The van der Waals surface area contributed by atoms with Gasteiger partial charge < -0.3 is 14.0 Å². The zero-order valence-corrected chi connectivity index (χ0v) is 17.6. The van der Waals surface area contributed by atoms with E-state index in [1.54, 1.807) is 0 Å². The van der Waals surface area contributed by atoms with Crippen molar-refractivity contribution >= 4 is 7.12 Å². The van der Waals surface area contributed by atoms with Crippen molar-refractivity contribution in [3.63, 3.8) is 0 Å². The van der Waals surface area contributed by atoms with Crippen LogP contribution in [-0.4, -0.2) is 24.4 Å². The Morgan fingerprint density at radius 2 is 1.43 bits per heavy atom. The molecule has 4 heteroatoms. The van der Waals surface area contributed by atoms with Crippen LogP contribution in [0.15, 0.2) is 60.7 Å². The molecule has 0 aromatic heterocycles. The van der Waals surface area contributed by atoms with Crippen molar-refractivity contribution in [1.29, 1.82) is 0 Å². The van der Waals surface area contributed by atoms with Crippen molar-refractivity contribution in [1.82, 2.24) is 0 Å². The molecule has 1 aliphatic heterocycles. The van der Waals surface area contributed by atoms with Crippen molar-refractivity contribution in [2.24, 2.45) is 5.92 Å². The SMILES string of the molecule is C[C@H](OCc1ccccc1)[C@@H]1[C@H](B2OC(C)(C)C(C)(C)O2)[C@H]1c1ccccc1. The fraction of sp³-hybridized carbons (Fsp3) is 0.500. The zero-order valence-electron chi connectivity index (χ0n) is 17.6. The van der Waals surface area contributed by atoms with Gasteiger partial charge in [0, 0.05) is 5.82 Å². The maximum absolute atomic E-state index is 6.41. The molecule has 0 unspecified atom stereocenters. The first-order valence-electron chi connectivity index (χ1n) is 10.4. The summed E-state index contributed by atoms with van der Waals surface area (Å²) in [5.74, 6) is 1.11. The van der Waals surface area contributed by atoms with Gasteiger partial charge in [0.1, 0.15) is 0 Å². The summed E-state index contributed by atoms with van der Waals surface area (Å²) in [6.45, 7) is 11.3. The van der Waals surface area contributed by atoms with Crippen molar-refractivity contribution in [2.75, 3.05) is 0 Å². The van der Waals surface area contributed by atoms with Crippen LogP contribution in [-0.2, 0) is 20.7 Å². The van der Waals surface area contributed by atoms with Gasteiger partial charge in [-0.25, -0.2) is 0 Å². The summed E-state index contributed by atoms with van der Waals surface area (Å²) >= 11 is 0. The molecule has 0 N–H and O–H groups in total. The molecule has 0 bridgehead atoms. The Morgan fingerprint density at radius 3 is 2.00 bits per heavy atom. The molecule has 3 nitrogen and oxygen atoms in total. The van der Waals surface area contributed by atoms with Crippen LogP contribution in [0.3, 0.4) is 0 Å². The first-order valence-corrected chi connectivity index (χ1v) is 10.4. The van der Waals surface area contributed by atoms with Crippen LogP contribution in [0, 0.1) is 5.92 Å². The second-order valence-electron chi connectivity index (χ2n) is 9.22. The molecule has 148 valence electrons. The fourth-order valence-electron chi connectivity index (χ4n) is 4.39. The summed E-state index contributed by atoms with van der Waals surface area (Å²) in [4.78, 5) is 0. The van der Waals surface area contributed by atoms with E-state index in [1.165, 1.54) is 11.1 Å². The standard InChI is InChI=1S/C24H31BO3/c1-17(26-16-18-12-8-6-9-13-18)20-21(19-14-10-7-11-15-19)22(20)25-27-23(2,3)24(4,5)28-25/h6-15,17,20-22H,16H2,1-5H3/t17-,20-,21-,22-/m0/s1. The Bertz CT molecular complexity index is 774.